The Morgan fingerprint density at radius 3 is 2.05 bits per heavy atom. The first-order valence-corrected chi connectivity index (χ1v) is 9.79. The number of nitrogens with one attached hydrogen (secondary N) is 1. The van der Waals surface area contributed by atoms with Gasteiger partial charge in [-0.1, -0.05) is 39.5 Å². The first kappa shape index (κ1) is 15.8. The molecular weight excluding hydrogens is 256 g/mol. The summed E-state index contributed by atoms with van der Waals surface area (Å²) in [5.41, 5.74) is 0. The van der Waals surface area contributed by atoms with Gasteiger partial charge in [-0.3, -0.25) is 4.90 Å². The van der Waals surface area contributed by atoms with Gasteiger partial charge in [-0.2, -0.15) is 0 Å². The molecule has 0 spiro atoms. The maximum atomic E-state index is 3.72. The van der Waals surface area contributed by atoms with E-state index in [1.807, 2.05) is 0 Å². The third kappa shape index (κ3) is 3.82. The third-order valence-electron chi connectivity index (χ3n) is 6.63. The lowest BCUT2D eigenvalue weighted by atomic mass is 9.77. The number of rotatable bonds is 5. The highest BCUT2D eigenvalue weighted by molar-refractivity contribution is 4.95. The van der Waals surface area contributed by atoms with Gasteiger partial charge in [0, 0.05) is 24.7 Å². The summed E-state index contributed by atoms with van der Waals surface area (Å²) in [6, 6.07) is 2.59. The van der Waals surface area contributed by atoms with Crippen LogP contribution >= 0.6 is 0 Å². The molecule has 2 aliphatic heterocycles. The standard InChI is InChI=1S/C19H36N2/c1-3-15-8-10-16(11-9-15)14-21-18-6-5-7-19(21)13-17(12-18)20-4-2/h15-20H,3-14H2,1-2H3. The molecule has 2 heteroatoms. The lowest BCUT2D eigenvalue weighted by Crippen LogP contribution is -2.57. The molecule has 3 fully saturated rings. The van der Waals surface area contributed by atoms with Crippen LogP contribution in [0.5, 0.6) is 0 Å². The van der Waals surface area contributed by atoms with Crippen LogP contribution < -0.4 is 5.32 Å². The third-order valence-corrected chi connectivity index (χ3v) is 6.63. The van der Waals surface area contributed by atoms with Crippen molar-refractivity contribution in [2.24, 2.45) is 11.8 Å². The molecule has 0 aromatic rings. The summed E-state index contributed by atoms with van der Waals surface area (Å²) in [6.07, 6.45) is 14.7. The average molecular weight is 293 g/mol. The number of hydrogen-bond donors (Lipinski definition) is 1. The van der Waals surface area contributed by atoms with Crippen molar-refractivity contribution in [1.82, 2.24) is 10.2 Å². The van der Waals surface area contributed by atoms with E-state index in [0.29, 0.717) is 0 Å². The topological polar surface area (TPSA) is 15.3 Å². The summed E-state index contributed by atoms with van der Waals surface area (Å²) in [7, 11) is 0. The number of fused-ring (bicyclic) bond motifs is 2. The molecular formula is C19H36N2. The van der Waals surface area contributed by atoms with Gasteiger partial charge in [-0.15, -0.1) is 0 Å². The van der Waals surface area contributed by atoms with Gasteiger partial charge in [-0.05, 0) is 56.9 Å². The van der Waals surface area contributed by atoms with Gasteiger partial charge in [-0.25, -0.2) is 0 Å². The van der Waals surface area contributed by atoms with Gasteiger partial charge in [0.05, 0.1) is 0 Å². The van der Waals surface area contributed by atoms with Crippen LogP contribution in [0.25, 0.3) is 0 Å². The predicted octanol–water partition coefficient (Wildman–Crippen LogP) is 4.20. The van der Waals surface area contributed by atoms with Crippen LogP contribution in [-0.4, -0.2) is 36.1 Å². The monoisotopic (exact) mass is 292 g/mol. The van der Waals surface area contributed by atoms with Crippen LogP contribution in [0, 0.1) is 11.8 Å². The van der Waals surface area contributed by atoms with Crippen molar-refractivity contribution in [3.8, 4) is 0 Å². The Morgan fingerprint density at radius 1 is 0.857 bits per heavy atom. The lowest BCUT2D eigenvalue weighted by Gasteiger charge is -2.50. The Kier molecular flexibility index (Phi) is 5.61. The highest BCUT2D eigenvalue weighted by atomic mass is 15.2. The van der Waals surface area contributed by atoms with Gasteiger partial charge in [0.15, 0.2) is 0 Å². The molecule has 1 N–H and O–H groups in total. The molecule has 0 amide bonds. The molecule has 2 atom stereocenters. The van der Waals surface area contributed by atoms with E-state index in [1.54, 1.807) is 0 Å². The smallest absolute Gasteiger partial charge is 0.0113 e. The fourth-order valence-corrected chi connectivity index (χ4v) is 5.35. The Bertz CT molecular complexity index is 295. The summed E-state index contributed by atoms with van der Waals surface area (Å²) in [5, 5.41) is 3.72. The summed E-state index contributed by atoms with van der Waals surface area (Å²) in [4.78, 5) is 2.95. The Hall–Kier alpha value is -0.0800. The van der Waals surface area contributed by atoms with E-state index in [2.05, 4.69) is 24.1 Å². The molecule has 21 heavy (non-hydrogen) atoms. The molecule has 0 aromatic carbocycles. The van der Waals surface area contributed by atoms with E-state index in [4.69, 9.17) is 0 Å². The van der Waals surface area contributed by atoms with Gasteiger partial charge in [0.1, 0.15) is 0 Å². The molecule has 2 bridgehead atoms. The molecule has 3 aliphatic rings. The summed E-state index contributed by atoms with van der Waals surface area (Å²) >= 11 is 0. The minimum atomic E-state index is 0.803. The second-order valence-corrected chi connectivity index (χ2v) is 7.96. The molecule has 2 heterocycles. The van der Waals surface area contributed by atoms with E-state index in [9.17, 15) is 0 Å². The Balaban J connectivity index is 1.53. The van der Waals surface area contributed by atoms with E-state index in [-0.39, 0.29) is 0 Å². The maximum absolute atomic E-state index is 3.72. The summed E-state index contributed by atoms with van der Waals surface area (Å²) in [6.45, 7) is 7.20. The second-order valence-electron chi connectivity index (χ2n) is 7.96. The zero-order chi connectivity index (χ0) is 14.7. The fourth-order valence-electron chi connectivity index (χ4n) is 5.35. The van der Waals surface area contributed by atoms with E-state index in [1.165, 1.54) is 70.8 Å². The largest absolute Gasteiger partial charge is 0.314 e. The van der Waals surface area contributed by atoms with Crippen molar-refractivity contribution in [3.63, 3.8) is 0 Å². The fraction of sp³-hybridized carbons (Fsp3) is 1.00. The molecule has 2 saturated heterocycles. The van der Waals surface area contributed by atoms with E-state index >= 15 is 0 Å². The van der Waals surface area contributed by atoms with Crippen LogP contribution in [0.4, 0.5) is 0 Å². The van der Waals surface area contributed by atoms with Crippen molar-refractivity contribution in [2.45, 2.75) is 96.2 Å². The zero-order valence-electron chi connectivity index (χ0n) is 14.3. The van der Waals surface area contributed by atoms with Crippen LogP contribution in [0.2, 0.25) is 0 Å². The van der Waals surface area contributed by atoms with Crippen molar-refractivity contribution in [1.29, 1.82) is 0 Å². The summed E-state index contributed by atoms with van der Waals surface area (Å²) in [5.74, 6) is 2.05. The van der Waals surface area contributed by atoms with Crippen LogP contribution in [0.15, 0.2) is 0 Å². The van der Waals surface area contributed by atoms with Crippen molar-refractivity contribution >= 4 is 0 Å². The SMILES string of the molecule is CCNC1CC2CCCC(C1)N2CC1CCC(CC)CC1. The van der Waals surface area contributed by atoms with Crippen molar-refractivity contribution in [3.05, 3.63) is 0 Å². The average Bonchev–Trinajstić information content (AvgIpc) is 2.49. The highest BCUT2D eigenvalue weighted by Crippen LogP contribution is 2.37. The molecule has 2 unspecified atom stereocenters. The number of hydrogen-bond acceptors (Lipinski definition) is 2. The molecule has 1 saturated carbocycles. The van der Waals surface area contributed by atoms with Crippen molar-refractivity contribution < 1.29 is 0 Å². The van der Waals surface area contributed by atoms with Gasteiger partial charge < -0.3 is 5.32 Å². The van der Waals surface area contributed by atoms with Gasteiger partial charge in [0.2, 0.25) is 0 Å². The molecule has 0 radical (unpaired) electrons. The highest BCUT2D eigenvalue weighted by Gasteiger charge is 2.38. The molecule has 2 nitrogen and oxygen atoms in total. The Morgan fingerprint density at radius 2 is 1.48 bits per heavy atom. The van der Waals surface area contributed by atoms with E-state index < -0.39 is 0 Å². The second kappa shape index (κ2) is 7.46. The number of nitrogens with zero attached hydrogens (tertiary/aromatic N) is 1. The van der Waals surface area contributed by atoms with Gasteiger partial charge in [0.25, 0.3) is 0 Å². The lowest BCUT2D eigenvalue weighted by molar-refractivity contribution is 0.00611. The quantitative estimate of drug-likeness (QED) is 0.817. The molecule has 3 rings (SSSR count). The molecule has 122 valence electrons. The van der Waals surface area contributed by atoms with E-state index in [0.717, 1.165) is 36.5 Å². The Labute approximate surface area is 132 Å². The first-order valence-electron chi connectivity index (χ1n) is 9.79. The van der Waals surface area contributed by atoms with Crippen LogP contribution in [0.3, 0.4) is 0 Å². The minimum absolute atomic E-state index is 0.803. The van der Waals surface area contributed by atoms with Crippen LogP contribution in [-0.2, 0) is 0 Å². The first-order chi connectivity index (χ1) is 10.3. The normalized spacial score (nSPS) is 41.1. The summed E-state index contributed by atoms with van der Waals surface area (Å²) < 4.78 is 0. The predicted molar refractivity (Wildman–Crippen MR) is 90.6 cm³/mol. The van der Waals surface area contributed by atoms with Crippen LogP contribution in [0.1, 0.15) is 78.1 Å². The maximum Gasteiger partial charge on any atom is 0.0113 e. The number of piperidine rings is 2. The minimum Gasteiger partial charge on any atom is -0.314 e. The molecule has 0 aromatic heterocycles. The molecule has 1 aliphatic carbocycles. The zero-order valence-corrected chi connectivity index (χ0v) is 14.3. The van der Waals surface area contributed by atoms with Gasteiger partial charge >= 0.3 is 0 Å². The van der Waals surface area contributed by atoms with Crippen molar-refractivity contribution in [2.75, 3.05) is 13.1 Å².